The molecule has 0 aromatic carbocycles. The predicted octanol–water partition coefficient (Wildman–Crippen LogP) is 1.62. The number of Topliss-reactive ketones (excluding diaryl/α,β-unsaturated/α-hetero) is 1. The second-order valence-corrected chi connectivity index (χ2v) is 5.85. The minimum absolute atomic E-state index is 0.0460. The number of hydrogen-bond acceptors (Lipinski definition) is 5. The van der Waals surface area contributed by atoms with E-state index in [1.165, 1.54) is 0 Å². The summed E-state index contributed by atoms with van der Waals surface area (Å²) in [5.74, 6) is 1.10. The lowest BCUT2D eigenvalue weighted by atomic mass is 10.1. The fourth-order valence-electron chi connectivity index (χ4n) is 1.68. The molecule has 112 valence electrons. The third-order valence-electron chi connectivity index (χ3n) is 2.65. The van der Waals surface area contributed by atoms with Crippen molar-refractivity contribution in [1.29, 1.82) is 0 Å². The van der Waals surface area contributed by atoms with Crippen LogP contribution in [0, 0.1) is 26.2 Å². The van der Waals surface area contributed by atoms with Gasteiger partial charge in [-0.25, -0.2) is 0 Å². The first-order valence-electron chi connectivity index (χ1n) is 6.40. The van der Waals surface area contributed by atoms with Gasteiger partial charge in [-0.05, 0) is 19.9 Å². The Labute approximate surface area is 127 Å². The summed E-state index contributed by atoms with van der Waals surface area (Å²) in [4.78, 5) is 36.6. The summed E-state index contributed by atoms with van der Waals surface area (Å²) in [6, 6.07) is 1.82. The highest BCUT2D eigenvalue weighted by molar-refractivity contribution is 7.12. The predicted molar refractivity (Wildman–Crippen MR) is 80.2 cm³/mol. The van der Waals surface area contributed by atoms with Gasteiger partial charge >= 0.3 is 5.97 Å². The molecule has 21 heavy (non-hydrogen) atoms. The molecule has 0 fully saturated rings. The molecule has 1 N–H and O–H groups in total. The van der Waals surface area contributed by atoms with Crippen LogP contribution in [0.2, 0.25) is 0 Å². The second kappa shape index (κ2) is 8.22. The number of terminal acetylenes is 1. The average Bonchev–Trinajstić information content (AvgIpc) is 2.79. The van der Waals surface area contributed by atoms with Crippen molar-refractivity contribution in [2.75, 3.05) is 13.2 Å². The Bertz CT molecular complexity index is 583. The molecule has 0 spiro atoms. The van der Waals surface area contributed by atoms with Crippen molar-refractivity contribution in [3.63, 3.8) is 0 Å². The molecule has 0 unspecified atom stereocenters. The van der Waals surface area contributed by atoms with Gasteiger partial charge in [-0.15, -0.1) is 17.8 Å². The Morgan fingerprint density at radius 2 is 2.05 bits per heavy atom. The van der Waals surface area contributed by atoms with Gasteiger partial charge in [-0.2, -0.15) is 0 Å². The quantitative estimate of drug-likeness (QED) is 0.472. The average molecular weight is 307 g/mol. The summed E-state index contributed by atoms with van der Waals surface area (Å²) in [6.07, 6.45) is 5.00. The summed E-state index contributed by atoms with van der Waals surface area (Å²) in [6.45, 7) is 3.51. The molecule has 1 amide bonds. The first-order valence-corrected chi connectivity index (χ1v) is 7.21. The van der Waals surface area contributed by atoms with E-state index in [1.54, 1.807) is 11.3 Å². The molecular weight excluding hydrogens is 290 g/mol. The van der Waals surface area contributed by atoms with Crippen LogP contribution in [0.4, 0.5) is 0 Å². The van der Waals surface area contributed by atoms with Crippen LogP contribution in [-0.4, -0.2) is 30.8 Å². The Kier molecular flexibility index (Phi) is 6.63. The van der Waals surface area contributed by atoms with Gasteiger partial charge in [-0.3, -0.25) is 14.4 Å². The van der Waals surface area contributed by atoms with Crippen molar-refractivity contribution in [3.8, 4) is 12.3 Å². The molecule has 5 nitrogen and oxygen atoms in total. The largest absolute Gasteiger partial charge is 0.456 e. The molecule has 1 aromatic rings. The smallest absolute Gasteiger partial charge is 0.306 e. The van der Waals surface area contributed by atoms with Gasteiger partial charge in [0.15, 0.2) is 12.4 Å². The van der Waals surface area contributed by atoms with Crippen molar-refractivity contribution < 1.29 is 19.1 Å². The van der Waals surface area contributed by atoms with Crippen LogP contribution >= 0.6 is 11.3 Å². The first-order chi connectivity index (χ1) is 9.93. The number of rotatable bonds is 7. The van der Waals surface area contributed by atoms with Gasteiger partial charge in [0.25, 0.3) is 5.91 Å². The first kappa shape index (κ1) is 16.9. The van der Waals surface area contributed by atoms with E-state index < -0.39 is 11.9 Å². The van der Waals surface area contributed by atoms with Crippen LogP contribution in [0.15, 0.2) is 6.07 Å². The third-order valence-corrected chi connectivity index (χ3v) is 3.62. The van der Waals surface area contributed by atoms with Crippen LogP contribution in [0.1, 0.15) is 33.0 Å². The lowest BCUT2D eigenvalue weighted by Gasteiger charge is -2.04. The molecule has 0 saturated heterocycles. The molecule has 0 aliphatic heterocycles. The minimum Gasteiger partial charge on any atom is -0.456 e. The number of esters is 1. The zero-order chi connectivity index (χ0) is 15.8. The van der Waals surface area contributed by atoms with E-state index in [1.807, 2.05) is 19.9 Å². The Balaban J connectivity index is 2.33. The van der Waals surface area contributed by atoms with E-state index >= 15 is 0 Å². The standard InChI is InChI=1S/C15H17NO4S/c1-4-7-16-14(18)9-20-15(19)6-5-13(17)12-8-10(2)21-11(12)3/h1,8H,5-7,9H2,2-3H3,(H,16,18). The number of hydrogen-bond donors (Lipinski definition) is 1. The van der Waals surface area contributed by atoms with Gasteiger partial charge in [0.05, 0.1) is 13.0 Å². The topological polar surface area (TPSA) is 72.5 Å². The molecule has 6 heteroatoms. The molecule has 0 atom stereocenters. The molecular formula is C15H17NO4S. The monoisotopic (exact) mass is 307 g/mol. The van der Waals surface area contributed by atoms with Crippen molar-refractivity contribution in [2.24, 2.45) is 0 Å². The zero-order valence-electron chi connectivity index (χ0n) is 12.0. The number of amides is 1. The fourth-order valence-corrected chi connectivity index (χ4v) is 2.62. The normalized spacial score (nSPS) is 9.76. The number of nitrogens with one attached hydrogen (secondary N) is 1. The molecule has 0 aliphatic rings. The number of thiophene rings is 1. The summed E-state index contributed by atoms with van der Waals surface area (Å²) < 4.78 is 4.75. The molecule has 0 radical (unpaired) electrons. The molecule has 0 bridgehead atoms. The fraction of sp³-hybridized carbons (Fsp3) is 0.400. The molecule has 0 aliphatic carbocycles. The van der Waals surface area contributed by atoms with E-state index in [9.17, 15) is 14.4 Å². The highest BCUT2D eigenvalue weighted by Crippen LogP contribution is 2.22. The number of ether oxygens (including phenoxy) is 1. The number of carbonyl (C=O) groups excluding carboxylic acids is 3. The lowest BCUT2D eigenvalue weighted by Crippen LogP contribution is -2.29. The Morgan fingerprint density at radius 3 is 2.62 bits per heavy atom. The Hall–Kier alpha value is -2.13. The van der Waals surface area contributed by atoms with E-state index in [4.69, 9.17) is 11.2 Å². The van der Waals surface area contributed by atoms with Gasteiger partial charge in [0, 0.05) is 21.7 Å². The number of aryl methyl sites for hydroxylation is 2. The van der Waals surface area contributed by atoms with E-state index in [-0.39, 0.29) is 31.8 Å². The van der Waals surface area contributed by atoms with Gasteiger partial charge < -0.3 is 10.1 Å². The minimum atomic E-state index is -0.580. The summed E-state index contributed by atoms with van der Waals surface area (Å²) in [7, 11) is 0. The van der Waals surface area contributed by atoms with Crippen LogP contribution < -0.4 is 5.32 Å². The lowest BCUT2D eigenvalue weighted by molar-refractivity contribution is -0.148. The summed E-state index contributed by atoms with van der Waals surface area (Å²) in [5, 5.41) is 2.37. The van der Waals surface area contributed by atoms with E-state index in [0.29, 0.717) is 5.56 Å². The van der Waals surface area contributed by atoms with Crippen molar-refractivity contribution in [3.05, 3.63) is 21.4 Å². The van der Waals surface area contributed by atoms with Crippen LogP contribution in [0.3, 0.4) is 0 Å². The van der Waals surface area contributed by atoms with Gasteiger partial charge in [0.2, 0.25) is 0 Å². The van der Waals surface area contributed by atoms with E-state index in [2.05, 4.69) is 11.2 Å². The summed E-state index contributed by atoms with van der Waals surface area (Å²) in [5.41, 5.74) is 0.650. The zero-order valence-corrected chi connectivity index (χ0v) is 12.8. The highest BCUT2D eigenvalue weighted by Gasteiger charge is 2.15. The summed E-state index contributed by atoms with van der Waals surface area (Å²) >= 11 is 1.55. The Morgan fingerprint density at radius 1 is 1.33 bits per heavy atom. The second-order valence-electron chi connectivity index (χ2n) is 4.39. The maximum atomic E-state index is 12.0. The molecule has 1 heterocycles. The van der Waals surface area contributed by atoms with Crippen molar-refractivity contribution in [2.45, 2.75) is 26.7 Å². The van der Waals surface area contributed by atoms with Gasteiger partial charge in [-0.1, -0.05) is 5.92 Å². The van der Waals surface area contributed by atoms with Crippen LogP contribution in [-0.2, 0) is 14.3 Å². The SMILES string of the molecule is C#CCNC(=O)COC(=O)CCC(=O)c1cc(C)sc1C. The third kappa shape index (κ3) is 5.79. The van der Waals surface area contributed by atoms with Crippen molar-refractivity contribution >= 4 is 29.0 Å². The number of ketones is 1. The molecule has 1 rings (SSSR count). The van der Waals surface area contributed by atoms with E-state index in [0.717, 1.165) is 9.75 Å². The maximum absolute atomic E-state index is 12.0. The van der Waals surface area contributed by atoms with Crippen LogP contribution in [0.5, 0.6) is 0 Å². The molecule has 0 saturated carbocycles. The molecule has 1 aromatic heterocycles. The highest BCUT2D eigenvalue weighted by atomic mass is 32.1. The number of carbonyl (C=O) groups is 3. The van der Waals surface area contributed by atoms with Crippen molar-refractivity contribution in [1.82, 2.24) is 5.32 Å². The van der Waals surface area contributed by atoms with Crippen LogP contribution in [0.25, 0.3) is 0 Å². The maximum Gasteiger partial charge on any atom is 0.306 e. The van der Waals surface area contributed by atoms with Gasteiger partial charge in [0.1, 0.15) is 0 Å².